The van der Waals surface area contributed by atoms with Crippen LogP contribution in [0.5, 0.6) is 5.75 Å². The molecule has 0 saturated heterocycles. The standard InChI is InChI=1S/C26H32N4O4S/c1-17-26(3)11-6-12-27-13-14-28-35(32,33)29-25(31)20-10-9-19-15-23(30(17)22(19)16-20)21-7-4-5-8-24(21)34-18(26)2/h4-5,7-10,15-18,27-28H,6,11-14H2,1-3H3,(H,29,31). The van der Waals surface area contributed by atoms with Crippen LogP contribution in [0, 0.1) is 5.41 Å². The zero-order valence-corrected chi connectivity index (χ0v) is 21.1. The van der Waals surface area contributed by atoms with Crippen molar-refractivity contribution in [2.24, 2.45) is 5.41 Å². The summed E-state index contributed by atoms with van der Waals surface area (Å²) in [6.45, 7) is 8.05. The fourth-order valence-electron chi connectivity index (χ4n) is 5.35. The summed E-state index contributed by atoms with van der Waals surface area (Å²) in [5.74, 6) is 0.179. The fourth-order valence-corrected chi connectivity index (χ4v) is 6.15. The second-order valence-electron chi connectivity index (χ2n) is 9.79. The quantitative estimate of drug-likeness (QED) is 0.441. The molecule has 9 heteroatoms. The molecular formula is C26H32N4O4S. The molecule has 5 rings (SSSR count). The van der Waals surface area contributed by atoms with Gasteiger partial charge >= 0.3 is 10.2 Å². The number of aromatic nitrogens is 1. The van der Waals surface area contributed by atoms with Crippen molar-refractivity contribution in [3.63, 3.8) is 0 Å². The predicted octanol–water partition coefficient (Wildman–Crippen LogP) is 3.60. The third-order valence-corrected chi connectivity index (χ3v) is 8.77. The third-order valence-electron chi connectivity index (χ3n) is 7.73. The van der Waals surface area contributed by atoms with E-state index in [4.69, 9.17) is 4.74 Å². The first kappa shape index (κ1) is 23.8. The van der Waals surface area contributed by atoms with Gasteiger partial charge in [0, 0.05) is 46.6 Å². The summed E-state index contributed by atoms with van der Waals surface area (Å²) in [5, 5.41) is 4.29. The highest BCUT2D eigenvalue weighted by Crippen LogP contribution is 2.48. The van der Waals surface area contributed by atoms with Gasteiger partial charge in [-0.05, 0) is 63.6 Å². The van der Waals surface area contributed by atoms with Gasteiger partial charge in [-0.1, -0.05) is 25.1 Å². The molecule has 2 aliphatic rings. The number of para-hydroxylation sites is 1. The number of amides is 1. The van der Waals surface area contributed by atoms with Crippen LogP contribution in [0.2, 0.25) is 0 Å². The summed E-state index contributed by atoms with van der Waals surface area (Å²) in [4.78, 5) is 12.9. The molecule has 2 aromatic carbocycles. The van der Waals surface area contributed by atoms with Gasteiger partial charge in [0.25, 0.3) is 5.91 Å². The van der Waals surface area contributed by atoms with E-state index in [0.29, 0.717) is 12.1 Å². The maximum atomic E-state index is 12.9. The Hall–Kier alpha value is -2.88. The van der Waals surface area contributed by atoms with E-state index in [1.807, 2.05) is 24.3 Å². The molecule has 0 fully saturated rings. The lowest BCUT2D eigenvalue weighted by Gasteiger charge is -2.44. The van der Waals surface area contributed by atoms with Crippen molar-refractivity contribution in [1.29, 1.82) is 0 Å². The van der Waals surface area contributed by atoms with Gasteiger partial charge in [0.15, 0.2) is 0 Å². The fraction of sp³-hybridized carbons (Fsp3) is 0.423. The van der Waals surface area contributed by atoms with Crippen molar-refractivity contribution >= 4 is 27.0 Å². The molecule has 3 aromatic rings. The summed E-state index contributed by atoms with van der Waals surface area (Å²) < 4.78 is 38.2. The van der Waals surface area contributed by atoms with E-state index in [1.165, 1.54) is 0 Å². The van der Waals surface area contributed by atoms with Crippen molar-refractivity contribution in [3.8, 4) is 17.0 Å². The minimum Gasteiger partial charge on any atom is -0.489 e. The van der Waals surface area contributed by atoms with Gasteiger partial charge in [0.2, 0.25) is 0 Å². The number of nitrogens with zero attached hydrogens (tertiary/aromatic N) is 1. The number of hydrogen-bond donors (Lipinski definition) is 3. The number of carbonyl (C=O) groups excluding carboxylic acids is 1. The maximum Gasteiger partial charge on any atom is 0.301 e. The van der Waals surface area contributed by atoms with Gasteiger partial charge in [-0.2, -0.15) is 13.1 Å². The molecule has 3 atom stereocenters. The maximum absolute atomic E-state index is 12.9. The van der Waals surface area contributed by atoms with Crippen molar-refractivity contribution in [2.75, 3.05) is 19.6 Å². The van der Waals surface area contributed by atoms with Gasteiger partial charge < -0.3 is 14.6 Å². The lowest BCUT2D eigenvalue weighted by atomic mass is 9.73. The van der Waals surface area contributed by atoms with Gasteiger partial charge in [0.05, 0.1) is 5.69 Å². The van der Waals surface area contributed by atoms with Crippen LogP contribution >= 0.6 is 0 Å². The highest BCUT2D eigenvalue weighted by molar-refractivity contribution is 7.88. The van der Waals surface area contributed by atoms with Crippen LogP contribution in [0.3, 0.4) is 0 Å². The van der Waals surface area contributed by atoms with Crippen molar-refractivity contribution < 1.29 is 17.9 Å². The minimum absolute atomic E-state index is 0.0509. The molecule has 0 saturated carbocycles. The molecular weight excluding hydrogens is 464 g/mol. The monoisotopic (exact) mass is 496 g/mol. The summed E-state index contributed by atoms with van der Waals surface area (Å²) in [6.07, 6.45) is 1.77. The first-order chi connectivity index (χ1) is 16.7. The number of hydrogen-bond acceptors (Lipinski definition) is 5. The van der Waals surface area contributed by atoms with Crippen LogP contribution in [-0.2, 0) is 10.2 Å². The molecule has 1 amide bonds. The predicted molar refractivity (Wildman–Crippen MR) is 137 cm³/mol. The van der Waals surface area contributed by atoms with Crippen LogP contribution in [0.1, 0.15) is 50.0 Å². The number of rotatable bonds is 0. The molecule has 0 radical (unpaired) electrons. The van der Waals surface area contributed by atoms with Crippen LogP contribution in [0.4, 0.5) is 0 Å². The number of nitrogens with one attached hydrogen (secondary N) is 3. The lowest BCUT2D eigenvalue weighted by molar-refractivity contribution is 0.0242. The summed E-state index contributed by atoms with van der Waals surface area (Å²) in [6, 6.07) is 15.6. The Labute approximate surface area is 206 Å². The molecule has 4 bridgehead atoms. The van der Waals surface area contributed by atoms with E-state index >= 15 is 0 Å². The average molecular weight is 497 g/mol. The first-order valence-corrected chi connectivity index (χ1v) is 13.6. The van der Waals surface area contributed by atoms with E-state index in [1.54, 1.807) is 12.1 Å². The first-order valence-electron chi connectivity index (χ1n) is 12.1. The molecule has 1 aromatic heterocycles. The molecule has 8 nitrogen and oxygen atoms in total. The van der Waals surface area contributed by atoms with Crippen LogP contribution < -0.4 is 19.5 Å². The number of benzene rings is 2. The molecule has 35 heavy (non-hydrogen) atoms. The Balaban J connectivity index is 1.74. The summed E-state index contributed by atoms with van der Waals surface area (Å²) in [5.41, 5.74) is 3.01. The van der Waals surface area contributed by atoms with Gasteiger partial charge in [0.1, 0.15) is 11.9 Å². The molecule has 3 N–H and O–H groups in total. The van der Waals surface area contributed by atoms with Gasteiger partial charge in [-0.3, -0.25) is 4.79 Å². The minimum atomic E-state index is -3.95. The zero-order chi connectivity index (χ0) is 24.8. The normalized spacial score (nSPS) is 27.0. The Kier molecular flexibility index (Phi) is 6.11. The molecule has 186 valence electrons. The Morgan fingerprint density at radius 3 is 2.69 bits per heavy atom. The van der Waals surface area contributed by atoms with E-state index < -0.39 is 16.1 Å². The van der Waals surface area contributed by atoms with Crippen molar-refractivity contribution in [2.45, 2.75) is 45.8 Å². The van der Waals surface area contributed by atoms with E-state index in [-0.39, 0.29) is 24.1 Å². The van der Waals surface area contributed by atoms with Gasteiger partial charge in [-0.25, -0.2) is 4.72 Å². The van der Waals surface area contributed by atoms with Crippen LogP contribution in [0.15, 0.2) is 48.5 Å². The van der Waals surface area contributed by atoms with E-state index in [0.717, 1.165) is 47.3 Å². The number of ether oxygens (including phenoxy) is 1. The molecule has 0 spiro atoms. The van der Waals surface area contributed by atoms with E-state index in [9.17, 15) is 13.2 Å². The van der Waals surface area contributed by atoms with Crippen molar-refractivity contribution in [3.05, 3.63) is 54.1 Å². The third kappa shape index (κ3) is 4.32. The molecule has 0 aliphatic carbocycles. The molecule has 3 heterocycles. The Bertz CT molecular complexity index is 1380. The zero-order valence-electron chi connectivity index (χ0n) is 20.3. The highest BCUT2D eigenvalue weighted by atomic mass is 32.2. The highest BCUT2D eigenvalue weighted by Gasteiger charge is 2.42. The van der Waals surface area contributed by atoms with Crippen LogP contribution in [0.25, 0.3) is 22.2 Å². The topological polar surface area (TPSA) is 101 Å². The molecule has 3 unspecified atom stereocenters. The summed E-state index contributed by atoms with van der Waals surface area (Å²) >= 11 is 0. The Morgan fingerprint density at radius 2 is 1.86 bits per heavy atom. The molecule has 2 aliphatic heterocycles. The smallest absolute Gasteiger partial charge is 0.301 e. The SMILES string of the molecule is CC1Oc2ccccc2-c2cc3ccc4cc3n2C(C)C1(C)CCCNCCNS(=O)(=O)NC4=O. The van der Waals surface area contributed by atoms with E-state index in [2.05, 4.69) is 52.2 Å². The number of carbonyl (C=O) groups is 1. The summed E-state index contributed by atoms with van der Waals surface area (Å²) in [7, 11) is -3.95. The number of fused-ring (bicyclic) bond motifs is 4. The lowest BCUT2D eigenvalue weighted by Crippen LogP contribution is -2.44. The average Bonchev–Trinajstić information content (AvgIpc) is 3.19. The van der Waals surface area contributed by atoms with Crippen molar-refractivity contribution in [1.82, 2.24) is 19.3 Å². The van der Waals surface area contributed by atoms with Crippen LogP contribution in [-0.4, -0.2) is 44.6 Å². The van der Waals surface area contributed by atoms with Gasteiger partial charge in [-0.15, -0.1) is 0 Å². The largest absolute Gasteiger partial charge is 0.489 e. The second kappa shape index (κ2) is 8.96. The Morgan fingerprint density at radius 1 is 1.06 bits per heavy atom. The second-order valence-corrected chi connectivity index (χ2v) is 11.3.